The van der Waals surface area contributed by atoms with E-state index < -0.39 is 5.60 Å². The molecule has 0 bridgehead atoms. The Kier molecular flexibility index (Phi) is 6.42. The molecule has 7 rings (SSSR count). The van der Waals surface area contributed by atoms with Crippen LogP contribution in [0.5, 0.6) is 5.88 Å². The Labute approximate surface area is 232 Å². The molecule has 0 unspecified atom stereocenters. The first kappa shape index (κ1) is 25.4. The number of nitrogens with one attached hydrogen (secondary N) is 1. The number of likely N-dealkylation sites (tertiary alicyclic amines) is 2. The predicted molar refractivity (Wildman–Crippen MR) is 144 cm³/mol. The van der Waals surface area contributed by atoms with Crippen molar-refractivity contribution >= 4 is 22.8 Å². The molecule has 3 saturated heterocycles. The van der Waals surface area contributed by atoms with Crippen molar-refractivity contribution in [2.24, 2.45) is 11.8 Å². The van der Waals surface area contributed by atoms with E-state index in [1.165, 1.54) is 0 Å². The third kappa shape index (κ3) is 4.71. The van der Waals surface area contributed by atoms with Crippen molar-refractivity contribution in [3.05, 3.63) is 47.2 Å². The lowest BCUT2D eigenvalue weighted by atomic mass is 9.95. The van der Waals surface area contributed by atoms with Gasteiger partial charge in [-0.25, -0.2) is 4.98 Å². The van der Waals surface area contributed by atoms with Gasteiger partial charge in [0.15, 0.2) is 0 Å². The van der Waals surface area contributed by atoms with Crippen LogP contribution in [0.4, 0.5) is 0 Å². The van der Waals surface area contributed by atoms with E-state index in [9.17, 15) is 9.59 Å². The van der Waals surface area contributed by atoms with Crippen molar-refractivity contribution in [2.75, 3.05) is 53.1 Å². The van der Waals surface area contributed by atoms with E-state index >= 15 is 0 Å². The summed E-state index contributed by atoms with van der Waals surface area (Å²) >= 11 is 0. The molecule has 3 aromatic rings. The number of aromatic amines is 1. The number of carbonyl (C=O) groups excluding carboxylic acids is 2. The molecule has 1 aliphatic carbocycles. The largest absolute Gasteiger partial charge is 0.477 e. The maximum atomic E-state index is 13.8. The zero-order valence-electron chi connectivity index (χ0n) is 22.7. The smallest absolute Gasteiger partial charge is 0.254 e. The second-order valence-electron chi connectivity index (χ2n) is 11.6. The van der Waals surface area contributed by atoms with E-state index in [1.807, 2.05) is 21.9 Å². The topological polar surface area (TPSA) is 123 Å². The van der Waals surface area contributed by atoms with Crippen molar-refractivity contribution in [3.8, 4) is 5.88 Å². The van der Waals surface area contributed by atoms with Gasteiger partial charge in [0.2, 0.25) is 5.88 Å². The Balaban J connectivity index is 1.05. The third-order valence-electron chi connectivity index (χ3n) is 8.97. The number of fused-ring (bicyclic) bond motifs is 2. The molecule has 1 saturated carbocycles. The average Bonchev–Trinajstić information content (AvgIpc) is 3.48. The molecule has 40 heavy (non-hydrogen) atoms. The molecular weight excluding hydrogens is 512 g/mol. The number of amides is 2. The quantitative estimate of drug-likeness (QED) is 0.480. The summed E-state index contributed by atoms with van der Waals surface area (Å²) in [5.41, 5.74) is 2.96. The molecule has 210 valence electrons. The molecule has 4 fully saturated rings. The summed E-state index contributed by atoms with van der Waals surface area (Å²) in [4.78, 5) is 35.6. The Morgan fingerprint density at radius 3 is 2.48 bits per heavy atom. The van der Waals surface area contributed by atoms with Gasteiger partial charge in [0.1, 0.15) is 11.1 Å². The minimum absolute atomic E-state index is 0.0233. The van der Waals surface area contributed by atoms with Gasteiger partial charge in [0, 0.05) is 68.1 Å². The second-order valence-corrected chi connectivity index (χ2v) is 11.6. The maximum absolute atomic E-state index is 13.8. The van der Waals surface area contributed by atoms with Crippen LogP contribution in [-0.4, -0.2) is 101 Å². The predicted octanol–water partition coefficient (Wildman–Crippen LogP) is 2.65. The lowest BCUT2D eigenvalue weighted by Gasteiger charge is -2.28. The van der Waals surface area contributed by atoms with Crippen LogP contribution >= 0.6 is 0 Å². The highest BCUT2D eigenvalue weighted by Crippen LogP contribution is 2.42. The molecule has 1 aromatic carbocycles. The van der Waals surface area contributed by atoms with E-state index in [2.05, 4.69) is 15.4 Å². The first-order valence-electron chi connectivity index (χ1n) is 14.2. The lowest BCUT2D eigenvalue weighted by molar-refractivity contribution is -0.0111. The number of carbonyl (C=O) groups is 2. The highest BCUT2D eigenvalue weighted by molar-refractivity contribution is 5.98. The van der Waals surface area contributed by atoms with Crippen LogP contribution in [0.3, 0.4) is 0 Å². The van der Waals surface area contributed by atoms with Crippen LogP contribution in [0.2, 0.25) is 0 Å². The summed E-state index contributed by atoms with van der Waals surface area (Å²) in [5, 5.41) is 10.6. The number of hydrogen-bond acceptors (Lipinski definition) is 8. The maximum Gasteiger partial charge on any atom is 0.254 e. The van der Waals surface area contributed by atoms with Crippen molar-refractivity contribution in [1.29, 1.82) is 0 Å². The number of aromatic nitrogens is 4. The Morgan fingerprint density at radius 2 is 1.77 bits per heavy atom. The zero-order valence-corrected chi connectivity index (χ0v) is 22.7. The fraction of sp³-hybridized carbons (Fsp3) is 0.552. The number of pyridine rings is 1. The van der Waals surface area contributed by atoms with E-state index in [4.69, 9.17) is 19.2 Å². The number of H-pyrrole nitrogens is 1. The van der Waals surface area contributed by atoms with Crippen molar-refractivity contribution < 1.29 is 23.8 Å². The molecule has 3 aliphatic heterocycles. The molecule has 1 N–H and O–H groups in total. The summed E-state index contributed by atoms with van der Waals surface area (Å²) in [5.74, 6) is 1.29. The Hall–Kier alpha value is -3.57. The van der Waals surface area contributed by atoms with Gasteiger partial charge in [0.25, 0.3) is 11.8 Å². The Bertz CT molecular complexity index is 1430. The fourth-order valence-corrected chi connectivity index (χ4v) is 6.38. The summed E-state index contributed by atoms with van der Waals surface area (Å²) in [6.07, 6.45) is 4.15. The van der Waals surface area contributed by atoms with Crippen LogP contribution in [0.15, 0.2) is 30.3 Å². The molecular formula is C29H34N6O5. The Morgan fingerprint density at radius 1 is 1.02 bits per heavy atom. The van der Waals surface area contributed by atoms with Crippen LogP contribution in [0.25, 0.3) is 11.0 Å². The fourth-order valence-electron chi connectivity index (χ4n) is 6.38. The van der Waals surface area contributed by atoms with Gasteiger partial charge < -0.3 is 24.0 Å². The molecule has 2 aromatic heterocycles. The van der Waals surface area contributed by atoms with Gasteiger partial charge in [-0.1, -0.05) is 5.21 Å². The number of benzene rings is 1. The molecule has 11 heteroatoms. The zero-order chi connectivity index (χ0) is 27.3. The third-order valence-corrected chi connectivity index (χ3v) is 8.97. The SMILES string of the molecule is CO[C@@]12CN(C(=O)c3cc(OCC4CCOCC4)nc(C4CC4)c3)C[C@H]1CN(C(=O)c1ccc3[nH]nnc3c1)C2. The average molecular weight is 547 g/mol. The number of ether oxygens (including phenoxy) is 3. The summed E-state index contributed by atoms with van der Waals surface area (Å²) in [7, 11) is 1.68. The van der Waals surface area contributed by atoms with Crippen molar-refractivity contribution in [3.63, 3.8) is 0 Å². The monoisotopic (exact) mass is 546 g/mol. The van der Waals surface area contributed by atoms with Gasteiger partial charge in [-0.3, -0.25) is 14.7 Å². The highest BCUT2D eigenvalue weighted by atomic mass is 16.5. The number of hydrogen-bond donors (Lipinski definition) is 1. The normalized spacial score (nSPS) is 25.0. The molecule has 2 amide bonds. The van der Waals surface area contributed by atoms with E-state index in [-0.39, 0.29) is 17.7 Å². The number of methoxy groups -OCH3 is 1. The van der Waals surface area contributed by atoms with Gasteiger partial charge in [-0.2, -0.15) is 0 Å². The summed E-state index contributed by atoms with van der Waals surface area (Å²) in [6.45, 7) is 4.03. The molecule has 0 spiro atoms. The van der Waals surface area contributed by atoms with E-state index in [0.717, 1.165) is 50.1 Å². The number of rotatable bonds is 7. The lowest BCUT2D eigenvalue weighted by Crippen LogP contribution is -2.44. The van der Waals surface area contributed by atoms with Gasteiger partial charge in [-0.15, -0.1) is 5.10 Å². The van der Waals surface area contributed by atoms with Crippen molar-refractivity contribution in [2.45, 2.75) is 37.2 Å². The standard InChI is InChI=1S/C29H34N6O5/c1-38-29-16-34(27(36)20-4-5-23-25(10-20)32-33-31-23)13-22(29)14-35(17-29)28(37)21-11-24(19-2-3-19)30-26(12-21)40-15-18-6-8-39-9-7-18/h4-5,10-12,18-19,22H,2-3,6-9,13-17H2,1H3,(H,31,32,33)/t22-,29+/m1/s1. The molecule has 11 nitrogen and oxygen atoms in total. The first-order valence-corrected chi connectivity index (χ1v) is 14.2. The highest BCUT2D eigenvalue weighted by Gasteiger charge is 2.55. The van der Waals surface area contributed by atoms with Crippen LogP contribution in [0.1, 0.15) is 58.0 Å². The van der Waals surface area contributed by atoms with Gasteiger partial charge in [0.05, 0.1) is 25.2 Å². The van der Waals surface area contributed by atoms with Crippen molar-refractivity contribution in [1.82, 2.24) is 30.2 Å². The molecule has 5 heterocycles. The van der Waals surface area contributed by atoms with E-state index in [1.54, 1.807) is 25.3 Å². The second kappa shape index (κ2) is 10.1. The number of nitrogens with zero attached hydrogens (tertiary/aromatic N) is 5. The molecule has 0 radical (unpaired) electrons. The minimum atomic E-state index is -0.599. The molecule has 4 aliphatic rings. The van der Waals surface area contributed by atoms with Crippen LogP contribution in [-0.2, 0) is 9.47 Å². The van der Waals surface area contributed by atoms with E-state index in [0.29, 0.717) is 67.1 Å². The first-order chi connectivity index (χ1) is 19.5. The van der Waals surface area contributed by atoms with Gasteiger partial charge >= 0.3 is 0 Å². The van der Waals surface area contributed by atoms with Gasteiger partial charge in [-0.05, 0) is 55.9 Å². The van der Waals surface area contributed by atoms with Crippen LogP contribution in [0, 0.1) is 11.8 Å². The minimum Gasteiger partial charge on any atom is -0.477 e. The summed E-state index contributed by atoms with van der Waals surface area (Å²) in [6, 6.07) is 9.09. The molecule has 2 atom stereocenters. The summed E-state index contributed by atoms with van der Waals surface area (Å²) < 4.78 is 17.6. The van der Waals surface area contributed by atoms with Crippen LogP contribution < -0.4 is 4.74 Å².